The van der Waals surface area contributed by atoms with Crippen LogP contribution in [0.2, 0.25) is 0 Å². The largest absolute Gasteiger partial charge is 0.472 e. The summed E-state index contributed by atoms with van der Waals surface area (Å²) in [5.41, 5.74) is 0.885. The molecule has 1 aromatic carbocycles. The van der Waals surface area contributed by atoms with Gasteiger partial charge in [0.05, 0.1) is 13.2 Å². The predicted molar refractivity (Wildman–Crippen MR) is 75.8 cm³/mol. The quantitative estimate of drug-likeness (QED) is 0.862. The predicted octanol–water partition coefficient (Wildman–Crippen LogP) is 2.03. The molecule has 0 bridgehead atoms. The third-order valence-electron chi connectivity index (χ3n) is 3.26. The first-order chi connectivity index (χ1) is 10.3. The standard InChI is InChI=1S/C15H16FN3O2/c16-13-3-1-12(2-4-13)11-21-15-6-5-14(17-18-15)19-7-9-20-10-8-19/h1-6H,7-11H2. The summed E-state index contributed by atoms with van der Waals surface area (Å²) in [5, 5.41) is 8.22. The van der Waals surface area contributed by atoms with Gasteiger partial charge in [-0.15, -0.1) is 10.2 Å². The molecule has 2 heterocycles. The van der Waals surface area contributed by atoms with Crippen molar-refractivity contribution in [3.05, 3.63) is 47.8 Å². The van der Waals surface area contributed by atoms with E-state index in [0.717, 1.165) is 24.5 Å². The van der Waals surface area contributed by atoms with Gasteiger partial charge in [-0.05, 0) is 23.8 Å². The Morgan fingerprint density at radius 1 is 1.05 bits per heavy atom. The summed E-state index contributed by atoms with van der Waals surface area (Å²) in [5.74, 6) is 1.03. The highest BCUT2D eigenvalue weighted by atomic mass is 19.1. The van der Waals surface area contributed by atoms with Gasteiger partial charge in [0.1, 0.15) is 12.4 Å². The molecule has 0 unspecified atom stereocenters. The van der Waals surface area contributed by atoms with Gasteiger partial charge in [0.2, 0.25) is 5.88 Å². The molecule has 0 aliphatic carbocycles. The molecular weight excluding hydrogens is 273 g/mol. The van der Waals surface area contributed by atoms with Crippen LogP contribution in [-0.4, -0.2) is 36.5 Å². The summed E-state index contributed by atoms with van der Waals surface area (Å²) in [4.78, 5) is 2.13. The van der Waals surface area contributed by atoms with Gasteiger partial charge in [0.25, 0.3) is 0 Å². The number of aromatic nitrogens is 2. The topological polar surface area (TPSA) is 47.5 Å². The molecule has 1 aliphatic rings. The minimum Gasteiger partial charge on any atom is -0.472 e. The zero-order valence-corrected chi connectivity index (χ0v) is 11.5. The molecule has 5 nitrogen and oxygen atoms in total. The lowest BCUT2D eigenvalue weighted by atomic mass is 10.2. The SMILES string of the molecule is Fc1ccc(COc2ccc(N3CCOCC3)nn2)cc1. The number of hydrogen-bond donors (Lipinski definition) is 0. The minimum atomic E-state index is -0.256. The van der Waals surface area contributed by atoms with Crippen LogP contribution in [0.25, 0.3) is 0 Å². The summed E-state index contributed by atoms with van der Waals surface area (Å²) in [7, 11) is 0. The van der Waals surface area contributed by atoms with E-state index >= 15 is 0 Å². The van der Waals surface area contributed by atoms with Crippen molar-refractivity contribution in [2.75, 3.05) is 31.2 Å². The fourth-order valence-corrected chi connectivity index (χ4v) is 2.09. The van der Waals surface area contributed by atoms with Crippen LogP contribution >= 0.6 is 0 Å². The molecule has 21 heavy (non-hydrogen) atoms. The van der Waals surface area contributed by atoms with Crippen LogP contribution in [0.3, 0.4) is 0 Å². The lowest BCUT2D eigenvalue weighted by Crippen LogP contribution is -2.36. The second-order valence-corrected chi connectivity index (χ2v) is 4.74. The van der Waals surface area contributed by atoms with E-state index < -0.39 is 0 Å². The molecule has 0 spiro atoms. The highest BCUT2D eigenvalue weighted by molar-refractivity contribution is 5.38. The van der Waals surface area contributed by atoms with Gasteiger partial charge < -0.3 is 14.4 Å². The zero-order valence-electron chi connectivity index (χ0n) is 11.5. The fraction of sp³-hybridized carbons (Fsp3) is 0.333. The van der Waals surface area contributed by atoms with Gasteiger partial charge in [-0.3, -0.25) is 0 Å². The van der Waals surface area contributed by atoms with Crippen molar-refractivity contribution in [1.29, 1.82) is 0 Å². The van der Waals surface area contributed by atoms with Gasteiger partial charge >= 0.3 is 0 Å². The minimum absolute atomic E-state index is 0.256. The molecule has 0 radical (unpaired) electrons. The summed E-state index contributed by atoms with van der Waals surface area (Å²) in [6.07, 6.45) is 0. The van der Waals surface area contributed by atoms with Gasteiger partial charge in [-0.25, -0.2) is 4.39 Å². The van der Waals surface area contributed by atoms with Crippen molar-refractivity contribution in [3.63, 3.8) is 0 Å². The Bertz CT molecular complexity index is 568. The van der Waals surface area contributed by atoms with E-state index in [9.17, 15) is 4.39 Å². The van der Waals surface area contributed by atoms with E-state index in [-0.39, 0.29) is 5.82 Å². The Morgan fingerprint density at radius 2 is 1.81 bits per heavy atom. The lowest BCUT2D eigenvalue weighted by molar-refractivity contribution is 0.122. The van der Waals surface area contributed by atoms with Crippen LogP contribution in [0, 0.1) is 5.82 Å². The van der Waals surface area contributed by atoms with Crippen molar-refractivity contribution in [1.82, 2.24) is 10.2 Å². The molecule has 3 rings (SSSR count). The van der Waals surface area contributed by atoms with Crippen LogP contribution in [0.5, 0.6) is 5.88 Å². The summed E-state index contributed by atoms with van der Waals surface area (Å²) < 4.78 is 23.6. The number of hydrogen-bond acceptors (Lipinski definition) is 5. The normalized spacial score (nSPS) is 15.0. The molecule has 6 heteroatoms. The molecule has 0 amide bonds. The molecule has 0 N–H and O–H groups in total. The molecule has 0 saturated carbocycles. The number of rotatable bonds is 4. The third-order valence-corrected chi connectivity index (χ3v) is 3.26. The number of morpholine rings is 1. The molecular formula is C15H16FN3O2. The monoisotopic (exact) mass is 289 g/mol. The fourth-order valence-electron chi connectivity index (χ4n) is 2.09. The first kappa shape index (κ1) is 13.8. The van der Waals surface area contributed by atoms with Crippen LogP contribution in [0.1, 0.15) is 5.56 Å². The molecule has 1 aliphatic heterocycles. The van der Waals surface area contributed by atoms with E-state index in [0.29, 0.717) is 25.7 Å². The first-order valence-electron chi connectivity index (χ1n) is 6.85. The Balaban J connectivity index is 1.57. The second-order valence-electron chi connectivity index (χ2n) is 4.74. The number of benzene rings is 1. The lowest BCUT2D eigenvalue weighted by Gasteiger charge is -2.27. The van der Waals surface area contributed by atoms with Crippen LogP contribution in [0.15, 0.2) is 36.4 Å². The van der Waals surface area contributed by atoms with Gasteiger partial charge in [0.15, 0.2) is 5.82 Å². The first-order valence-corrected chi connectivity index (χ1v) is 6.85. The number of ether oxygens (including phenoxy) is 2. The van der Waals surface area contributed by atoms with E-state index in [1.807, 2.05) is 6.07 Å². The molecule has 2 aromatic rings. The van der Waals surface area contributed by atoms with Crippen LogP contribution in [0.4, 0.5) is 10.2 Å². The highest BCUT2D eigenvalue weighted by Gasteiger charge is 2.12. The van der Waals surface area contributed by atoms with Crippen LogP contribution < -0.4 is 9.64 Å². The van der Waals surface area contributed by atoms with E-state index in [1.54, 1.807) is 18.2 Å². The average molecular weight is 289 g/mol. The van der Waals surface area contributed by atoms with Gasteiger partial charge in [0, 0.05) is 19.2 Å². The van der Waals surface area contributed by atoms with E-state index in [1.165, 1.54) is 12.1 Å². The third kappa shape index (κ3) is 3.66. The second kappa shape index (κ2) is 6.49. The maximum atomic E-state index is 12.8. The Morgan fingerprint density at radius 3 is 2.48 bits per heavy atom. The molecule has 110 valence electrons. The van der Waals surface area contributed by atoms with Crippen molar-refractivity contribution in [2.24, 2.45) is 0 Å². The highest BCUT2D eigenvalue weighted by Crippen LogP contribution is 2.15. The van der Waals surface area contributed by atoms with E-state index in [4.69, 9.17) is 9.47 Å². The smallest absolute Gasteiger partial charge is 0.233 e. The molecule has 1 saturated heterocycles. The summed E-state index contributed by atoms with van der Waals surface area (Å²) >= 11 is 0. The number of halogens is 1. The molecule has 1 aromatic heterocycles. The Kier molecular flexibility index (Phi) is 4.25. The van der Waals surface area contributed by atoms with Crippen LogP contribution in [-0.2, 0) is 11.3 Å². The maximum absolute atomic E-state index is 12.8. The molecule has 0 atom stereocenters. The van der Waals surface area contributed by atoms with Crippen molar-refractivity contribution in [2.45, 2.75) is 6.61 Å². The Hall–Kier alpha value is -2.21. The number of anilines is 1. The zero-order chi connectivity index (χ0) is 14.5. The van der Waals surface area contributed by atoms with Crippen molar-refractivity contribution >= 4 is 5.82 Å². The van der Waals surface area contributed by atoms with E-state index in [2.05, 4.69) is 15.1 Å². The number of nitrogens with zero attached hydrogens (tertiary/aromatic N) is 3. The summed E-state index contributed by atoms with van der Waals surface area (Å²) in [6, 6.07) is 9.87. The maximum Gasteiger partial charge on any atom is 0.233 e. The van der Waals surface area contributed by atoms with Gasteiger partial charge in [-0.2, -0.15) is 0 Å². The average Bonchev–Trinajstić information content (AvgIpc) is 2.56. The van der Waals surface area contributed by atoms with Crippen molar-refractivity contribution < 1.29 is 13.9 Å². The summed E-state index contributed by atoms with van der Waals surface area (Å²) in [6.45, 7) is 3.41. The van der Waals surface area contributed by atoms with Gasteiger partial charge in [-0.1, -0.05) is 12.1 Å². The Labute approximate surface area is 122 Å². The molecule has 1 fully saturated rings. The van der Waals surface area contributed by atoms with Crippen molar-refractivity contribution in [3.8, 4) is 5.88 Å².